The van der Waals surface area contributed by atoms with Gasteiger partial charge >= 0.3 is 0 Å². The van der Waals surface area contributed by atoms with Gasteiger partial charge in [0.25, 0.3) is 0 Å². The van der Waals surface area contributed by atoms with Crippen molar-refractivity contribution < 1.29 is 9.53 Å². The highest BCUT2D eigenvalue weighted by molar-refractivity contribution is 6.18. The predicted octanol–water partition coefficient (Wildman–Crippen LogP) is 1.70. The topological polar surface area (TPSA) is 29.5 Å². The van der Waals surface area contributed by atoms with E-state index in [-0.39, 0.29) is 12.0 Å². The van der Waals surface area contributed by atoms with Gasteiger partial charge in [0.05, 0.1) is 25.0 Å². The Bertz CT molecular complexity index is 369. The van der Waals surface area contributed by atoms with E-state index in [1.54, 1.807) is 0 Å². The summed E-state index contributed by atoms with van der Waals surface area (Å²) in [7, 11) is 0. The van der Waals surface area contributed by atoms with Crippen LogP contribution in [0.5, 0.6) is 0 Å². The van der Waals surface area contributed by atoms with Crippen molar-refractivity contribution in [3.63, 3.8) is 0 Å². The van der Waals surface area contributed by atoms with Crippen molar-refractivity contribution in [2.75, 3.05) is 25.6 Å². The SMILES string of the molecule is O=C(Cc1ccccc1)N1CCOC(CCl)C1. The molecule has 1 unspecified atom stereocenters. The number of alkyl halides is 1. The second-order valence-corrected chi connectivity index (χ2v) is 4.46. The number of carbonyl (C=O) groups excluding carboxylic acids is 1. The Labute approximate surface area is 106 Å². The number of amides is 1. The van der Waals surface area contributed by atoms with Crippen LogP contribution in [-0.2, 0) is 16.0 Å². The van der Waals surface area contributed by atoms with Crippen LogP contribution in [0.15, 0.2) is 30.3 Å². The number of rotatable bonds is 3. The third-order valence-electron chi connectivity index (χ3n) is 2.86. The summed E-state index contributed by atoms with van der Waals surface area (Å²) in [4.78, 5) is 13.9. The first-order valence-corrected chi connectivity index (χ1v) is 6.32. The van der Waals surface area contributed by atoms with Crippen LogP contribution in [0.2, 0.25) is 0 Å². The van der Waals surface area contributed by atoms with E-state index in [9.17, 15) is 4.79 Å². The minimum Gasteiger partial charge on any atom is -0.373 e. The normalized spacial score (nSPS) is 20.3. The van der Waals surface area contributed by atoms with E-state index in [0.717, 1.165) is 5.56 Å². The fourth-order valence-electron chi connectivity index (χ4n) is 1.92. The molecule has 2 rings (SSSR count). The van der Waals surface area contributed by atoms with Gasteiger partial charge in [-0.2, -0.15) is 0 Å². The molecule has 1 heterocycles. The molecule has 4 heteroatoms. The zero-order valence-electron chi connectivity index (χ0n) is 9.64. The molecule has 0 spiro atoms. The molecule has 0 bridgehead atoms. The molecule has 1 aromatic rings. The van der Waals surface area contributed by atoms with Gasteiger partial charge in [-0.05, 0) is 5.56 Å². The van der Waals surface area contributed by atoms with E-state index in [1.165, 1.54) is 0 Å². The zero-order valence-corrected chi connectivity index (χ0v) is 10.4. The van der Waals surface area contributed by atoms with Gasteiger partial charge in [0.2, 0.25) is 5.91 Å². The Kier molecular flexibility index (Phi) is 4.40. The molecule has 1 saturated heterocycles. The van der Waals surface area contributed by atoms with Crippen LogP contribution in [0, 0.1) is 0 Å². The number of nitrogens with zero attached hydrogens (tertiary/aromatic N) is 1. The lowest BCUT2D eigenvalue weighted by Gasteiger charge is -2.32. The fourth-order valence-corrected chi connectivity index (χ4v) is 2.11. The highest BCUT2D eigenvalue weighted by Crippen LogP contribution is 2.09. The highest BCUT2D eigenvalue weighted by Gasteiger charge is 2.23. The summed E-state index contributed by atoms with van der Waals surface area (Å²) in [6, 6.07) is 9.79. The maximum atomic E-state index is 12.1. The summed E-state index contributed by atoms with van der Waals surface area (Å²) >= 11 is 5.75. The molecular weight excluding hydrogens is 238 g/mol. The average Bonchev–Trinajstić information content (AvgIpc) is 2.40. The summed E-state index contributed by atoms with van der Waals surface area (Å²) < 4.78 is 5.43. The summed E-state index contributed by atoms with van der Waals surface area (Å²) in [5.41, 5.74) is 1.05. The third-order valence-corrected chi connectivity index (χ3v) is 3.21. The second-order valence-electron chi connectivity index (χ2n) is 4.15. The molecule has 3 nitrogen and oxygen atoms in total. The lowest BCUT2D eigenvalue weighted by molar-refractivity contribution is -0.137. The van der Waals surface area contributed by atoms with Gasteiger partial charge in [0.1, 0.15) is 0 Å². The first kappa shape index (κ1) is 12.4. The first-order chi connectivity index (χ1) is 8.29. The van der Waals surface area contributed by atoms with Crippen LogP contribution >= 0.6 is 11.6 Å². The van der Waals surface area contributed by atoms with Crippen LogP contribution in [0.25, 0.3) is 0 Å². The largest absolute Gasteiger partial charge is 0.373 e. The lowest BCUT2D eigenvalue weighted by Crippen LogP contribution is -2.46. The standard InChI is InChI=1S/C13H16ClNO2/c14-9-12-10-15(6-7-17-12)13(16)8-11-4-2-1-3-5-11/h1-5,12H,6-10H2. The van der Waals surface area contributed by atoms with Gasteiger partial charge in [-0.15, -0.1) is 11.6 Å². The maximum absolute atomic E-state index is 12.1. The number of hydrogen-bond acceptors (Lipinski definition) is 2. The molecule has 17 heavy (non-hydrogen) atoms. The monoisotopic (exact) mass is 253 g/mol. The average molecular weight is 254 g/mol. The van der Waals surface area contributed by atoms with Gasteiger partial charge in [0.15, 0.2) is 0 Å². The lowest BCUT2D eigenvalue weighted by atomic mass is 10.1. The van der Waals surface area contributed by atoms with Crippen molar-refractivity contribution in [3.8, 4) is 0 Å². The number of ether oxygens (including phenoxy) is 1. The Balaban J connectivity index is 1.91. The smallest absolute Gasteiger partial charge is 0.227 e. The number of morpholine rings is 1. The van der Waals surface area contributed by atoms with Crippen molar-refractivity contribution >= 4 is 17.5 Å². The molecule has 0 N–H and O–H groups in total. The van der Waals surface area contributed by atoms with Crippen LogP contribution in [0.3, 0.4) is 0 Å². The minimum absolute atomic E-state index is 0.0230. The van der Waals surface area contributed by atoms with Gasteiger partial charge in [0, 0.05) is 13.1 Å². The highest BCUT2D eigenvalue weighted by atomic mass is 35.5. The quantitative estimate of drug-likeness (QED) is 0.768. The van der Waals surface area contributed by atoms with Crippen LogP contribution in [0.4, 0.5) is 0 Å². The first-order valence-electron chi connectivity index (χ1n) is 5.79. The van der Waals surface area contributed by atoms with E-state index in [4.69, 9.17) is 16.3 Å². The van der Waals surface area contributed by atoms with Crippen molar-refractivity contribution in [3.05, 3.63) is 35.9 Å². The number of halogens is 1. The number of hydrogen-bond donors (Lipinski definition) is 0. The van der Waals surface area contributed by atoms with Gasteiger partial charge < -0.3 is 9.64 Å². The molecule has 0 saturated carbocycles. The molecule has 0 aliphatic carbocycles. The minimum atomic E-state index is -0.0230. The Hall–Kier alpha value is -1.06. The molecule has 0 radical (unpaired) electrons. The molecule has 1 amide bonds. The van der Waals surface area contributed by atoms with Crippen molar-refractivity contribution in [2.24, 2.45) is 0 Å². The number of carbonyl (C=O) groups is 1. The van der Waals surface area contributed by atoms with Crippen LogP contribution < -0.4 is 0 Å². The van der Waals surface area contributed by atoms with Crippen LogP contribution in [-0.4, -0.2) is 42.5 Å². The van der Waals surface area contributed by atoms with E-state index in [1.807, 2.05) is 35.2 Å². The molecule has 1 fully saturated rings. The molecule has 0 aromatic heterocycles. The molecule has 1 aromatic carbocycles. The summed E-state index contributed by atoms with van der Waals surface area (Å²) in [6.45, 7) is 1.85. The van der Waals surface area contributed by atoms with Crippen LogP contribution in [0.1, 0.15) is 5.56 Å². The maximum Gasteiger partial charge on any atom is 0.227 e. The van der Waals surface area contributed by atoms with Gasteiger partial charge in [-0.1, -0.05) is 30.3 Å². The van der Waals surface area contributed by atoms with E-state index in [0.29, 0.717) is 32.0 Å². The molecule has 1 atom stereocenters. The fraction of sp³-hybridized carbons (Fsp3) is 0.462. The van der Waals surface area contributed by atoms with E-state index < -0.39 is 0 Å². The Morgan fingerprint density at radius 1 is 1.41 bits per heavy atom. The van der Waals surface area contributed by atoms with Gasteiger partial charge in [-0.25, -0.2) is 0 Å². The summed E-state index contributed by atoms with van der Waals surface area (Å²) in [5.74, 6) is 0.587. The summed E-state index contributed by atoms with van der Waals surface area (Å²) in [6.07, 6.45) is 0.431. The van der Waals surface area contributed by atoms with Crippen molar-refractivity contribution in [2.45, 2.75) is 12.5 Å². The third kappa shape index (κ3) is 3.45. The van der Waals surface area contributed by atoms with Crippen molar-refractivity contribution in [1.29, 1.82) is 0 Å². The Morgan fingerprint density at radius 3 is 2.88 bits per heavy atom. The molecule has 1 aliphatic heterocycles. The predicted molar refractivity (Wildman–Crippen MR) is 67.2 cm³/mol. The van der Waals surface area contributed by atoms with Gasteiger partial charge in [-0.3, -0.25) is 4.79 Å². The van der Waals surface area contributed by atoms with Crippen molar-refractivity contribution in [1.82, 2.24) is 4.90 Å². The van der Waals surface area contributed by atoms with E-state index >= 15 is 0 Å². The zero-order chi connectivity index (χ0) is 12.1. The van der Waals surface area contributed by atoms with E-state index in [2.05, 4.69) is 0 Å². The Morgan fingerprint density at radius 2 is 2.18 bits per heavy atom. The molecular formula is C13H16ClNO2. The number of benzene rings is 1. The molecule has 92 valence electrons. The summed E-state index contributed by atoms with van der Waals surface area (Å²) in [5, 5.41) is 0. The second kappa shape index (κ2) is 6.03. The molecule has 1 aliphatic rings.